The highest BCUT2D eigenvalue weighted by molar-refractivity contribution is 7.99. The summed E-state index contributed by atoms with van der Waals surface area (Å²) in [5, 5.41) is 0. The lowest BCUT2D eigenvalue weighted by Gasteiger charge is -2.25. The normalized spacial score (nSPS) is 17.1. The van der Waals surface area contributed by atoms with Gasteiger partial charge < -0.3 is 4.90 Å². The highest BCUT2D eigenvalue weighted by Crippen LogP contribution is 2.18. The van der Waals surface area contributed by atoms with Crippen LogP contribution < -0.4 is 0 Å². The molecule has 0 unspecified atom stereocenters. The Morgan fingerprint density at radius 3 is 2.79 bits per heavy atom. The molecule has 1 aromatic heterocycles. The van der Waals surface area contributed by atoms with Crippen LogP contribution in [0, 0.1) is 6.92 Å². The molecule has 0 bridgehead atoms. The maximum atomic E-state index is 12.0. The number of thioether (sulfide) groups is 1. The van der Waals surface area contributed by atoms with Crippen molar-refractivity contribution in [3.8, 4) is 0 Å². The minimum atomic E-state index is 0.158. The van der Waals surface area contributed by atoms with Gasteiger partial charge in [-0.3, -0.25) is 4.79 Å². The Hall–Kier alpha value is -0.550. The summed E-state index contributed by atoms with van der Waals surface area (Å²) in [4.78, 5) is 18.8. The summed E-state index contributed by atoms with van der Waals surface area (Å²) >= 11 is 3.35. The van der Waals surface area contributed by atoms with E-state index in [9.17, 15) is 4.79 Å². The third-order valence-corrected chi connectivity index (χ3v) is 4.10. The first kappa shape index (κ1) is 9.98. The molecule has 0 spiro atoms. The van der Waals surface area contributed by atoms with Crippen molar-refractivity contribution in [2.75, 3.05) is 24.6 Å². The highest BCUT2D eigenvalue weighted by atomic mass is 32.2. The Bertz CT molecular complexity index is 331. The second kappa shape index (κ2) is 4.31. The van der Waals surface area contributed by atoms with Crippen molar-refractivity contribution in [2.24, 2.45) is 0 Å². The third-order valence-electron chi connectivity index (χ3n) is 2.24. The molecule has 1 aromatic rings. The van der Waals surface area contributed by atoms with Crippen LogP contribution in [0.3, 0.4) is 0 Å². The van der Waals surface area contributed by atoms with Gasteiger partial charge in [0.2, 0.25) is 0 Å². The average molecular weight is 228 g/mol. The van der Waals surface area contributed by atoms with Crippen molar-refractivity contribution in [3.63, 3.8) is 0 Å². The van der Waals surface area contributed by atoms with Crippen LogP contribution >= 0.6 is 23.1 Å². The van der Waals surface area contributed by atoms with Crippen LogP contribution in [0.15, 0.2) is 5.51 Å². The summed E-state index contributed by atoms with van der Waals surface area (Å²) in [6.45, 7) is 3.64. The minimum Gasteiger partial charge on any atom is -0.336 e. The lowest BCUT2D eigenvalue weighted by molar-refractivity contribution is 0.0776. The number of carbonyl (C=O) groups excluding carboxylic acids is 1. The summed E-state index contributed by atoms with van der Waals surface area (Å²) in [7, 11) is 0. The van der Waals surface area contributed by atoms with Crippen LogP contribution in [0.2, 0.25) is 0 Å². The molecule has 0 atom stereocenters. The van der Waals surface area contributed by atoms with Gasteiger partial charge in [0, 0.05) is 24.6 Å². The molecule has 14 heavy (non-hydrogen) atoms. The molecule has 0 radical (unpaired) electrons. The van der Waals surface area contributed by atoms with Crippen LogP contribution in [-0.4, -0.2) is 40.4 Å². The van der Waals surface area contributed by atoms with E-state index in [0.29, 0.717) is 0 Å². The molecule has 0 saturated carbocycles. The zero-order valence-corrected chi connectivity index (χ0v) is 9.66. The molecule has 1 saturated heterocycles. The first-order valence-electron chi connectivity index (χ1n) is 4.56. The topological polar surface area (TPSA) is 33.2 Å². The van der Waals surface area contributed by atoms with E-state index in [-0.39, 0.29) is 5.91 Å². The summed E-state index contributed by atoms with van der Waals surface area (Å²) in [6.07, 6.45) is 0. The summed E-state index contributed by atoms with van der Waals surface area (Å²) in [5.74, 6) is 2.28. The fraction of sp³-hybridized carbons (Fsp3) is 0.556. The summed E-state index contributed by atoms with van der Waals surface area (Å²) in [6, 6.07) is 0. The quantitative estimate of drug-likeness (QED) is 0.732. The van der Waals surface area contributed by atoms with Gasteiger partial charge in [-0.15, -0.1) is 11.3 Å². The number of rotatable bonds is 1. The minimum absolute atomic E-state index is 0.158. The molecule has 0 N–H and O–H groups in total. The Kier molecular flexibility index (Phi) is 3.08. The van der Waals surface area contributed by atoms with E-state index < -0.39 is 0 Å². The van der Waals surface area contributed by atoms with Crippen molar-refractivity contribution in [3.05, 3.63) is 16.1 Å². The molecule has 2 rings (SSSR count). The molecule has 5 heteroatoms. The van der Waals surface area contributed by atoms with Crippen molar-refractivity contribution in [2.45, 2.75) is 6.92 Å². The van der Waals surface area contributed by atoms with Gasteiger partial charge in [0.05, 0.1) is 11.2 Å². The Labute approximate surface area is 91.5 Å². The van der Waals surface area contributed by atoms with E-state index >= 15 is 0 Å². The first-order chi connectivity index (χ1) is 6.79. The SMILES string of the molecule is Cc1ncsc1C(=O)N1CCSCC1. The molecular weight excluding hydrogens is 216 g/mol. The van der Waals surface area contributed by atoms with Crippen LogP contribution in [0.4, 0.5) is 0 Å². The predicted molar refractivity (Wildman–Crippen MR) is 60.1 cm³/mol. The number of amides is 1. The van der Waals surface area contributed by atoms with E-state index in [0.717, 1.165) is 35.2 Å². The molecule has 76 valence electrons. The number of hydrogen-bond acceptors (Lipinski definition) is 4. The maximum Gasteiger partial charge on any atom is 0.265 e. The highest BCUT2D eigenvalue weighted by Gasteiger charge is 2.21. The van der Waals surface area contributed by atoms with E-state index in [1.165, 1.54) is 11.3 Å². The van der Waals surface area contributed by atoms with Crippen molar-refractivity contribution in [1.82, 2.24) is 9.88 Å². The number of thiazole rings is 1. The van der Waals surface area contributed by atoms with Crippen LogP contribution in [0.25, 0.3) is 0 Å². The van der Waals surface area contributed by atoms with E-state index in [1.54, 1.807) is 5.51 Å². The van der Waals surface area contributed by atoms with E-state index in [2.05, 4.69) is 4.98 Å². The zero-order valence-electron chi connectivity index (χ0n) is 8.02. The Morgan fingerprint density at radius 1 is 1.50 bits per heavy atom. The van der Waals surface area contributed by atoms with Gasteiger partial charge in [-0.05, 0) is 6.92 Å². The molecule has 1 amide bonds. The summed E-state index contributed by atoms with van der Waals surface area (Å²) < 4.78 is 0. The standard InChI is InChI=1S/C9H12N2OS2/c1-7-8(14-6-10-7)9(12)11-2-4-13-5-3-11/h6H,2-5H2,1H3. The van der Waals surface area contributed by atoms with Crippen LogP contribution in [-0.2, 0) is 0 Å². The van der Waals surface area contributed by atoms with Gasteiger partial charge in [-0.1, -0.05) is 0 Å². The largest absolute Gasteiger partial charge is 0.336 e. The van der Waals surface area contributed by atoms with Crippen LogP contribution in [0.5, 0.6) is 0 Å². The molecule has 3 nitrogen and oxygen atoms in total. The monoisotopic (exact) mass is 228 g/mol. The van der Waals surface area contributed by atoms with Crippen molar-refractivity contribution in [1.29, 1.82) is 0 Å². The van der Waals surface area contributed by atoms with E-state index in [4.69, 9.17) is 0 Å². The van der Waals surface area contributed by atoms with Crippen molar-refractivity contribution < 1.29 is 4.79 Å². The van der Waals surface area contributed by atoms with Crippen LogP contribution in [0.1, 0.15) is 15.4 Å². The predicted octanol–water partition coefficient (Wildman–Crippen LogP) is 1.64. The molecule has 0 aromatic carbocycles. The molecule has 1 aliphatic heterocycles. The second-order valence-electron chi connectivity index (χ2n) is 3.17. The Morgan fingerprint density at radius 2 is 2.21 bits per heavy atom. The smallest absolute Gasteiger partial charge is 0.265 e. The zero-order chi connectivity index (χ0) is 9.97. The van der Waals surface area contributed by atoms with Gasteiger partial charge >= 0.3 is 0 Å². The third kappa shape index (κ3) is 1.93. The number of nitrogens with zero attached hydrogens (tertiary/aromatic N) is 2. The number of aromatic nitrogens is 1. The molecular formula is C9H12N2OS2. The lowest BCUT2D eigenvalue weighted by Crippen LogP contribution is -2.37. The van der Waals surface area contributed by atoms with Gasteiger partial charge in [-0.25, -0.2) is 4.98 Å². The number of aryl methyl sites for hydroxylation is 1. The maximum absolute atomic E-state index is 12.0. The average Bonchev–Trinajstić information content (AvgIpc) is 2.65. The van der Waals surface area contributed by atoms with Gasteiger partial charge in [0.15, 0.2) is 0 Å². The van der Waals surface area contributed by atoms with Gasteiger partial charge in [0.25, 0.3) is 5.91 Å². The fourth-order valence-electron chi connectivity index (χ4n) is 1.42. The van der Waals surface area contributed by atoms with E-state index in [1.807, 2.05) is 23.6 Å². The number of carbonyl (C=O) groups is 1. The fourth-order valence-corrected chi connectivity index (χ4v) is 3.09. The first-order valence-corrected chi connectivity index (χ1v) is 6.59. The molecule has 0 aliphatic carbocycles. The van der Waals surface area contributed by atoms with Crippen molar-refractivity contribution >= 4 is 29.0 Å². The number of hydrogen-bond donors (Lipinski definition) is 0. The second-order valence-corrected chi connectivity index (χ2v) is 5.25. The molecule has 2 heterocycles. The molecule has 1 fully saturated rings. The Balaban J connectivity index is 2.11. The van der Waals surface area contributed by atoms with Gasteiger partial charge in [0.1, 0.15) is 4.88 Å². The summed E-state index contributed by atoms with van der Waals surface area (Å²) in [5.41, 5.74) is 2.60. The van der Waals surface area contributed by atoms with Gasteiger partial charge in [-0.2, -0.15) is 11.8 Å². The molecule has 1 aliphatic rings. The lowest BCUT2D eigenvalue weighted by atomic mass is 10.3.